The SMILES string of the molecule is CC(CN1CCCC1C(N)=O)C(N)=S. The van der Waals surface area contributed by atoms with Crippen molar-refractivity contribution >= 4 is 23.1 Å². The zero-order valence-corrected chi connectivity index (χ0v) is 9.22. The number of hydrogen-bond acceptors (Lipinski definition) is 3. The Balaban J connectivity index is 2.51. The standard InChI is InChI=1S/C9H17N3OS/c1-6(9(11)14)5-12-4-2-3-7(12)8(10)13/h6-7H,2-5H2,1H3,(H2,10,13)(H2,11,14). The summed E-state index contributed by atoms with van der Waals surface area (Å²) >= 11 is 4.89. The minimum absolute atomic E-state index is 0.119. The molecular weight excluding hydrogens is 198 g/mol. The maximum Gasteiger partial charge on any atom is 0.234 e. The molecule has 1 amide bonds. The minimum Gasteiger partial charge on any atom is -0.393 e. The molecule has 1 aliphatic rings. The van der Waals surface area contributed by atoms with Crippen LogP contribution < -0.4 is 11.5 Å². The average molecular weight is 215 g/mol. The van der Waals surface area contributed by atoms with Gasteiger partial charge >= 0.3 is 0 Å². The summed E-state index contributed by atoms with van der Waals surface area (Å²) in [6.45, 7) is 3.63. The van der Waals surface area contributed by atoms with Crippen molar-refractivity contribution < 1.29 is 4.79 Å². The first kappa shape index (κ1) is 11.4. The van der Waals surface area contributed by atoms with Crippen LogP contribution in [-0.4, -0.2) is 34.9 Å². The Kier molecular flexibility index (Phi) is 3.83. The van der Waals surface area contributed by atoms with Crippen LogP contribution in [0.25, 0.3) is 0 Å². The van der Waals surface area contributed by atoms with Crippen molar-refractivity contribution in [3.05, 3.63) is 0 Å². The molecule has 2 atom stereocenters. The van der Waals surface area contributed by atoms with Crippen LogP contribution >= 0.6 is 12.2 Å². The van der Waals surface area contributed by atoms with E-state index in [0.717, 1.165) is 25.9 Å². The second kappa shape index (κ2) is 4.70. The second-order valence-electron chi connectivity index (χ2n) is 3.86. The summed E-state index contributed by atoms with van der Waals surface area (Å²) in [7, 11) is 0. The highest BCUT2D eigenvalue weighted by atomic mass is 32.1. The van der Waals surface area contributed by atoms with Gasteiger partial charge in [-0.05, 0) is 19.4 Å². The van der Waals surface area contributed by atoms with Gasteiger partial charge in [-0.25, -0.2) is 0 Å². The smallest absolute Gasteiger partial charge is 0.234 e. The zero-order chi connectivity index (χ0) is 10.7. The number of thiocarbonyl (C=S) groups is 1. The van der Waals surface area contributed by atoms with E-state index in [0.29, 0.717) is 4.99 Å². The van der Waals surface area contributed by atoms with E-state index in [9.17, 15) is 4.79 Å². The third kappa shape index (κ3) is 2.65. The second-order valence-corrected chi connectivity index (χ2v) is 4.33. The number of likely N-dealkylation sites (tertiary alicyclic amines) is 1. The predicted octanol–water partition coefficient (Wildman–Crippen LogP) is -0.142. The van der Waals surface area contributed by atoms with Crippen molar-refractivity contribution in [3.63, 3.8) is 0 Å². The minimum atomic E-state index is -0.238. The quantitative estimate of drug-likeness (QED) is 0.640. The molecule has 1 heterocycles. The molecule has 0 saturated carbocycles. The van der Waals surface area contributed by atoms with E-state index >= 15 is 0 Å². The van der Waals surface area contributed by atoms with E-state index in [2.05, 4.69) is 4.90 Å². The number of nitrogens with zero attached hydrogens (tertiary/aromatic N) is 1. The van der Waals surface area contributed by atoms with Crippen molar-refractivity contribution in [2.45, 2.75) is 25.8 Å². The third-order valence-corrected chi connectivity index (χ3v) is 3.09. The number of nitrogens with two attached hydrogens (primary N) is 2. The van der Waals surface area contributed by atoms with Gasteiger partial charge in [0.25, 0.3) is 0 Å². The summed E-state index contributed by atoms with van der Waals surface area (Å²) in [5, 5.41) is 0. The first-order valence-electron chi connectivity index (χ1n) is 4.85. The fourth-order valence-corrected chi connectivity index (χ4v) is 1.88. The number of primary amides is 1. The molecule has 4 N–H and O–H groups in total. The van der Waals surface area contributed by atoms with Gasteiger partial charge in [0, 0.05) is 12.5 Å². The van der Waals surface area contributed by atoms with Gasteiger partial charge in [0.05, 0.1) is 11.0 Å². The fraction of sp³-hybridized carbons (Fsp3) is 0.778. The number of amides is 1. The Bertz CT molecular complexity index is 244. The van der Waals surface area contributed by atoms with Crippen molar-refractivity contribution in [1.82, 2.24) is 4.90 Å². The summed E-state index contributed by atoms with van der Waals surface area (Å²) in [5.41, 5.74) is 10.8. The molecule has 1 fully saturated rings. The average Bonchev–Trinajstić information content (AvgIpc) is 2.52. The van der Waals surface area contributed by atoms with Gasteiger partial charge in [-0.3, -0.25) is 9.69 Å². The molecule has 1 rings (SSSR count). The largest absolute Gasteiger partial charge is 0.393 e. The van der Waals surface area contributed by atoms with Crippen molar-refractivity contribution in [2.24, 2.45) is 17.4 Å². The van der Waals surface area contributed by atoms with Crippen LogP contribution in [0.2, 0.25) is 0 Å². The Morgan fingerprint density at radius 3 is 2.79 bits per heavy atom. The van der Waals surface area contributed by atoms with Crippen LogP contribution in [0, 0.1) is 5.92 Å². The number of carbonyl (C=O) groups excluding carboxylic acids is 1. The van der Waals surface area contributed by atoms with Crippen LogP contribution in [0.5, 0.6) is 0 Å². The lowest BCUT2D eigenvalue weighted by atomic mass is 10.1. The monoisotopic (exact) mass is 215 g/mol. The van der Waals surface area contributed by atoms with Gasteiger partial charge < -0.3 is 11.5 Å². The summed E-state index contributed by atoms with van der Waals surface area (Å²) in [4.78, 5) is 13.7. The lowest BCUT2D eigenvalue weighted by Crippen LogP contribution is -2.43. The molecule has 0 spiro atoms. The molecule has 0 aromatic heterocycles. The van der Waals surface area contributed by atoms with Gasteiger partial charge in [0.2, 0.25) is 5.91 Å². The van der Waals surface area contributed by atoms with Crippen LogP contribution in [0.1, 0.15) is 19.8 Å². The lowest BCUT2D eigenvalue weighted by Gasteiger charge is -2.24. The highest BCUT2D eigenvalue weighted by molar-refractivity contribution is 7.80. The van der Waals surface area contributed by atoms with Gasteiger partial charge in [0.1, 0.15) is 0 Å². The van der Waals surface area contributed by atoms with Crippen LogP contribution in [0.3, 0.4) is 0 Å². The van der Waals surface area contributed by atoms with E-state index in [4.69, 9.17) is 23.7 Å². The molecule has 1 saturated heterocycles. The molecule has 1 aliphatic heterocycles. The molecule has 5 heteroatoms. The van der Waals surface area contributed by atoms with Crippen LogP contribution in [0.15, 0.2) is 0 Å². The van der Waals surface area contributed by atoms with Gasteiger partial charge in [0.15, 0.2) is 0 Å². The van der Waals surface area contributed by atoms with Crippen molar-refractivity contribution in [2.75, 3.05) is 13.1 Å². The summed E-state index contributed by atoms with van der Waals surface area (Å²) < 4.78 is 0. The molecular formula is C9H17N3OS. The predicted molar refractivity (Wildman–Crippen MR) is 59.7 cm³/mol. The van der Waals surface area contributed by atoms with E-state index in [-0.39, 0.29) is 17.9 Å². The van der Waals surface area contributed by atoms with E-state index < -0.39 is 0 Å². The highest BCUT2D eigenvalue weighted by Gasteiger charge is 2.29. The van der Waals surface area contributed by atoms with E-state index in [1.165, 1.54) is 0 Å². The molecule has 0 radical (unpaired) electrons. The number of carbonyl (C=O) groups is 1. The Morgan fingerprint density at radius 1 is 1.64 bits per heavy atom. The summed E-state index contributed by atoms with van der Waals surface area (Å²) in [6.07, 6.45) is 1.89. The van der Waals surface area contributed by atoms with E-state index in [1.54, 1.807) is 0 Å². The fourth-order valence-electron chi connectivity index (χ4n) is 1.81. The van der Waals surface area contributed by atoms with Gasteiger partial charge in [-0.1, -0.05) is 19.1 Å². The molecule has 2 unspecified atom stereocenters. The van der Waals surface area contributed by atoms with Gasteiger partial charge in [-0.15, -0.1) is 0 Å². The van der Waals surface area contributed by atoms with E-state index in [1.807, 2.05) is 6.92 Å². The number of rotatable bonds is 4. The molecule has 0 aromatic carbocycles. The normalized spacial score (nSPS) is 24.8. The summed E-state index contributed by atoms with van der Waals surface area (Å²) in [5.74, 6) is -0.0948. The van der Waals surface area contributed by atoms with Crippen molar-refractivity contribution in [1.29, 1.82) is 0 Å². The summed E-state index contributed by atoms with van der Waals surface area (Å²) in [6, 6.07) is -0.119. The maximum atomic E-state index is 11.1. The highest BCUT2D eigenvalue weighted by Crippen LogP contribution is 2.18. The Hall–Kier alpha value is -0.680. The Morgan fingerprint density at radius 2 is 2.29 bits per heavy atom. The maximum absolute atomic E-state index is 11.1. The van der Waals surface area contributed by atoms with Crippen LogP contribution in [-0.2, 0) is 4.79 Å². The molecule has 0 aliphatic carbocycles. The topological polar surface area (TPSA) is 72.3 Å². The molecule has 80 valence electrons. The molecule has 0 aromatic rings. The first-order chi connectivity index (χ1) is 6.52. The molecule has 0 bridgehead atoms. The molecule has 4 nitrogen and oxygen atoms in total. The Labute approximate surface area is 89.6 Å². The third-order valence-electron chi connectivity index (χ3n) is 2.69. The van der Waals surface area contributed by atoms with Gasteiger partial charge in [-0.2, -0.15) is 0 Å². The zero-order valence-electron chi connectivity index (χ0n) is 8.40. The lowest BCUT2D eigenvalue weighted by molar-refractivity contribution is -0.122. The van der Waals surface area contributed by atoms with Crippen LogP contribution in [0.4, 0.5) is 0 Å². The molecule has 14 heavy (non-hydrogen) atoms. The number of hydrogen-bond donors (Lipinski definition) is 2. The first-order valence-corrected chi connectivity index (χ1v) is 5.26. The van der Waals surface area contributed by atoms with Crippen molar-refractivity contribution in [3.8, 4) is 0 Å².